The van der Waals surface area contributed by atoms with E-state index in [0.29, 0.717) is 23.6 Å². The molecule has 0 aliphatic heterocycles. The topological polar surface area (TPSA) is 57.8 Å². The van der Waals surface area contributed by atoms with Crippen molar-refractivity contribution in [2.75, 3.05) is 5.32 Å². The van der Waals surface area contributed by atoms with Crippen molar-refractivity contribution in [3.8, 4) is 0 Å². The normalized spacial score (nSPS) is 10.5. The summed E-state index contributed by atoms with van der Waals surface area (Å²) in [4.78, 5) is 18.1. The molecule has 2 rings (SSSR count). The number of hydrogen-bond acceptors (Lipinski definition) is 3. The molecule has 0 radical (unpaired) electrons. The molecular weight excluding hydrogens is 252 g/mol. The van der Waals surface area contributed by atoms with E-state index in [9.17, 15) is 13.6 Å². The third-order valence-electron chi connectivity index (χ3n) is 2.58. The first-order valence-electron chi connectivity index (χ1n) is 5.86. The lowest BCUT2D eigenvalue weighted by Crippen LogP contribution is -2.13. The largest absolute Gasteiger partial charge is 0.366 e. The highest BCUT2D eigenvalue weighted by Crippen LogP contribution is 2.10. The van der Waals surface area contributed by atoms with E-state index < -0.39 is 11.6 Å². The summed E-state index contributed by atoms with van der Waals surface area (Å²) in [7, 11) is 0. The molecule has 4 nitrogen and oxygen atoms in total. The molecule has 0 spiro atoms. The summed E-state index contributed by atoms with van der Waals surface area (Å²) in [6, 6.07) is 4.96. The van der Waals surface area contributed by atoms with Crippen LogP contribution in [-0.4, -0.2) is 9.97 Å². The molecule has 100 valence electrons. The number of hydrogen-bond donors (Lipinski definition) is 2. The number of aryl methyl sites for hydroxylation is 1. The van der Waals surface area contributed by atoms with Crippen LogP contribution in [0.25, 0.3) is 0 Å². The Morgan fingerprint density at radius 1 is 1.26 bits per heavy atom. The van der Waals surface area contributed by atoms with Crippen molar-refractivity contribution in [1.29, 1.82) is 0 Å². The van der Waals surface area contributed by atoms with Crippen LogP contribution >= 0.6 is 0 Å². The van der Waals surface area contributed by atoms with E-state index in [0.717, 1.165) is 12.1 Å². The molecule has 0 aliphatic carbocycles. The SMILES string of the molecule is CCc1nc(NCc2ccc(F)c(F)c2)cc(=O)[nH]1. The minimum absolute atomic E-state index is 0.250. The zero-order valence-electron chi connectivity index (χ0n) is 10.3. The van der Waals surface area contributed by atoms with Gasteiger partial charge in [0.05, 0.1) is 0 Å². The van der Waals surface area contributed by atoms with Crippen LogP contribution in [0, 0.1) is 11.6 Å². The van der Waals surface area contributed by atoms with Crippen LogP contribution in [0.5, 0.6) is 0 Å². The standard InChI is InChI=1S/C13H13F2N3O/c1-2-11-17-12(6-13(19)18-11)16-7-8-3-4-9(14)10(15)5-8/h3-6H,2,7H2,1H3,(H2,16,17,18,19). The van der Waals surface area contributed by atoms with Crippen molar-refractivity contribution in [3.05, 3.63) is 57.6 Å². The fourth-order valence-corrected chi connectivity index (χ4v) is 1.61. The minimum atomic E-state index is -0.896. The van der Waals surface area contributed by atoms with Gasteiger partial charge in [0, 0.05) is 19.0 Å². The Bertz CT molecular complexity index is 640. The Kier molecular flexibility index (Phi) is 3.89. The van der Waals surface area contributed by atoms with Gasteiger partial charge in [0.2, 0.25) is 0 Å². The van der Waals surface area contributed by atoms with Gasteiger partial charge in [0.1, 0.15) is 11.6 Å². The number of anilines is 1. The Morgan fingerprint density at radius 3 is 2.74 bits per heavy atom. The molecule has 0 aliphatic rings. The molecular formula is C13H13F2N3O. The van der Waals surface area contributed by atoms with Crippen molar-refractivity contribution < 1.29 is 8.78 Å². The van der Waals surface area contributed by atoms with Crippen molar-refractivity contribution >= 4 is 5.82 Å². The highest BCUT2D eigenvalue weighted by molar-refractivity contribution is 5.34. The van der Waals surface area contributed by atoms with Gasteiger partial charge in [-0.15, -0.1) is 0 Å². The fraction of sp³-hybridized carbons (Fsp3) is 0.231. The van der Waals surface area contributed by atoms with Crippen LogP contribution in [-0.2, 0) is 13.0 Å². The predicted octanol–water partition coefficient (Wildman–Crippen LogP) is 2.22. The average molecular weight is 265 g/mol. The fourth-order valence-electron chi connectivity index (χ4n) is 1.61. The van der Waals surface area contributed by atoms with E-state index in [1.165, 1.54) is 12.1 Å². The highest BCUT2D eigenvalue weighted by Gasteiger charge is 2.03. The number of H-pyrrole nitrogens is 1. The van der Waals surface area contributed by atoms with Crippen LogP contribution in [0.15, 0.2) is 29.1 Å². The molecule has 0 saturated carbocycles. The Balaban J connectivity index is 2.11. The van der Waals surface area contributed by atoms with Gasteiger partial charge in [0.15, 0.2) is 11.6 Å². The van der Waals surface area contributed by atoms with Crippen molar-refractivity contribution in [2.24, 2.45) is 0 Å². The molecule has 0 fully saturated rings. The maximum absolute atomic E-state index is 13.0. The second-order valence-electron chi connectivity index (χ2n) is 4.03. The molecule has 0 atom stereocenters. The van der Waals surface area contributed by atoms with E-state index in [-0.39, 0.29) is 12.1 Å². The number of aromatic amines is 1. The van der Waals surface area contributed by atoms with Gasteiger partial charge >= 0.3 is 0 Å². The van der Waals surface area contributed by atoms with Crippen molar-refractivity contribution in [2.45, 2.75) is 19.9 Å². The Hall–Kier alpha value is -2.24. The number of halogens is 2. The molecule has 2 aromatic rings. The monoisotopic (exact) mass is 265 g/mol. The summed E-state index contributed by atoms with van der Waals surface area (Å²) in [5, 5.41) is 2.90. The summed E-state index contributed by atoms with van der Waals surface area (Å²) in [6.07, 6.45) is 0.607. The first-order chi connectivity index (χ1) is 9.08. The number of nitrogens with zero attached hydrogens (tertiary/aromatic N) is 1. The van der Waals surface area contributed by atoms with Gasteiger partial charge in [0.25, 0.3) is 5.56 Å². The second-order valence-corrected chi connectivity index (χ2v) is 4.03. The lowest BCUT2D eigenvalue weighted by atomic mass is 10.2. The average Bonchev–Trinajstić information content (AvgIpc) is 2.39. The maximum atomic E-state index is 13.0. The van der Waals surface area contributed by atoms with E-state index in [2.05, 4.69) is 15.3 Å². The van der Waals surface area contributed by atoms with E-state index in [1.807, 2.05) is 6.92 Å². The van der Waals surface area contributed by atoms with Crippen LogP contribution < -0.4 is 10.9 Å². The third-order valence-corrected chi connectivity index (χ3v) is 2.58. The minimum Gasteiger partial charge on any atom is -0.366 e. The van der Waals surface area contributed by atoms with Gasteiger partial charge < -0.3 is 10.3 Å². The van der Waals surface area contributed by atoms with Gasteiger partial charge in [-0.2, -0.15) is 0 Å². The summed E-state index contributed by atoms with van der Waals surface area (Å²) < 4.78 is 25.8. The Labute approximate surface area is 108 Å². The molecule has 1 heterocycles. The molecule has 19 heavy (non-hydrogen) atoms. The molecule has 0 saturated heterocycles. The molecule has 0 amide bonds. The summed E-state index contributed by atoms with van der Waals surface area (Å²) >= 11 is 0. The van der Waals surface area contributed by atoms with Gasteiger partial charge in [-0.05, 0) is 17.7 Å². The number of rotatable bonds is 4. The zero-order valence-corrected chi connectivity index (χ0v) is 10.3. The molecule has 6 heteroatoms. The number of benzene rings is 1. The molecule has 0 unspecified atom stereocenters. The van der Waals surface area contributed by atoms with Gasteiger partial charge in [-0.3, -0.25) is 4.79 Å². The first-order valence-corrected chi connectivity index (χ1v) is 5.86. The van der Waals surface area contributed by atoms with Crippen LogP contribution in [0.4, 0.5) is 14.6 Å². The van der Waals surface area contributed by atoms with E-state index in [1.54, 1.807) is 0 Å². The van der Waals surface area contributed by atoms with E-state index >= 15 is 0 Å². The Morgan fingerprint density at radius 2 is 2.05 bits per heavy atom. The molecule has 1 aromatic carbocycles. The third kappa shape index (κ3) is 3.37. The maximum Gasteiger partial charge on any atom is 0.252 e. The molecule has 0 bridgehead atoms. The quantitative estimate of drug-likeness (QED) is 0.891. The zero-order chi connectivity index (χ0) is 13.8. The number of aromatic nitrogens is 2. The second kappa shape index (κ2) is 5.60. The molecule has 1 aromatic heterocycles. The van der Waals surface area contributed by atoms with Crippen LogP contribution in [0.1, 0.15) is 18.3 Å². The lowest BCUT2D eigenvalue weighted by molar-refractivity contribution is 0.507. The number of nitrogens with one attached hydrogen (secondary N) is 2. The lowest BCUT2D eigenvalue weighted by Gasteiger charge is -2.07. The summed E-state index contributed by atoms with van der Waals surface area (Å²) in [5.74, 6) is -0.802. The van der Waals surface area contributed by atoms with Gasteiger partial charge in [-0.1, -0.05) is 13.0 Å². The summed E-state index contributed by atoms with van der Waals surface area (Å²) in [5.41, 5.74) is 0.318. The van der Waals surface area contributed by atoms with Crippen LogP contribution in [0.2, 0.25) is 0 Å². The van der Waals surface area contributed by atoms with Crippen molar-refractivity contribution in [1.82, 2.24) is 9.97 Å². The molecule has 2 N–H and O–H groups in total. The van der Waals surface area contributed by atoms with Gasteiger partial charge in [-0.25, -0.2) is 13.8 Å². The van der Waals surface area contributed by atoms with E-state index in [4.69, 9.17) is 0 Å². The van der Waals surface area contributed by atoms with Crippen molar-refractivity contribution in [3.63, 3.8) is 0 Å². The highest BCUT2D eigenvalue weighted by atomic mass is 19.2. The smallest absolute Gasteiger partial charge is 0.252 e. The summed E-state index contributed by atoms with van der Waals surface area (Å²) in [6.45, 7) is 2.13. The first kappa shape index (κ1) is 13.2. The predicted molar refractivity (Wildman–Crippen MR) is 67.9 cm³/mol. The van der Waals surface area contributed by atoms with Crippen LogP contribution in [0.3, 0.4) is 0 Å².